The molecule has 0 amide bonds. The van der Waals surface area contributed by atoms with Gasteiger partial charge in [0.1, 0.15) is 17.1 Å². The van der Waals surface area contributed by atoms with Crippen LogP contribution < -0.4 is 14.2 Å². The predicted octanol–water partition coefficient (Wildman–Crippen LogP) is 3.02. The Morgan fingerprint density at radius 3 is 2.77 bits per heavy atom. The Morgan fingerprint density at radius 2 is 2.14 bits per heavy atom. The van der Waals surface area contributed by atoms with E-state index in [1.54, 1.807) is 0 Å². The fourth-order valence-corrected chi connectivity index (χ4v) is 3.35. The Kier molecular flexibility index (Phi) is 5.02. The lowest BCUT2D eigenvalue weighted by molar-refractivity contribution is 0.0699. The zero-order valence-electron chi connectivity index (χ0n) is 13.7. The number of unbranched alkanes of at least 4 members (excludes halogenated alkanes) is 1. The third kappa shape index (κ3) is 4.61. The van der Waals surface area contributed by atoms with Crippen molar-refractivity contribution in [1.29, 1.82) is 0 Å². The molecular weight excluding hydrogens is 302 g/mol. The van der Waals surface area contributed by atoms with Crippen molar-refractivity contribution < 1.29 is 17.9 Å². The van der Waals surface area contributed by atoms with E-state index in [1.165, 1.54) is 6.26 Å². The quantitative estimate of drug-likeness (QED) is 0.816. The van der Waals surface area contributed by atoms with E-state index in [2.05, 4.69) is 11.6 Å². The summed E-state index contributed by atoms with van der Waals surface area (Å²) in [6.07, 6.45) is 3.81. The van der Waals surface area contributed by atoms with Gasteiger partial charge in [0.25, 0.3) is 0 Å². The van der Waals surface area contributed by atoms with Gasteiger partial charge < -0.3 is 9.47 Å². The molecule has 1 heterocycles. The Bertz CT molecular complexity index is 625. The van der Waals surface area contributed by atoms with Gasteiger partial charge in [0.15, 0.2) is 0 Å². The number of hydrogen-bond donors (Lipinski definition) is 1. The molecule has 1 aromatic carbocycles. The summed E-state index contributed by atoms with van der Waals surface area (Å²) in [5.74, 6) is 1.45. The van der Waals surface area contributed by atoms with Crippen molar-refractivity contribution >= 4 is 10.0 Å². The van der Waals surface area contributed by atoms with Crippen LogP contribution in [0.5, 0.6) is 11.5 Å². The molecule has 6 heteroatoms. The highest BCUT2D eigenvalue weighted by atomic mass is 32.2. The maximum atomic E-state index is 11.6. The van der Waals surface area contributed by atoms with Crippen LogP contribution >= 0.6 is 0 Å². The first-order valence-electron chi connectivity index (χ1n) is 7.63. The first-order chi connectivity index (χ1) is 10.2. The van der Waals surface area contributed by atoms with Gasteiger partial charge in [-0.25, -0.2) is 13.1 Å². The van der Waals surface area contributed by atoms with Crippen molar-refractivity contribution in [3.05, 3.63) is 23.8 Å². The molecule has 0 fully saturated rings. The number of nitrogens with one attached hydrogen (secondary N) is 1. The molecule has 1 atom stereocenters. The third-order valence-corrected chi connectivity index (χ3v) is 4.27. The zero-order chi connectivity index (χ0) is 16.4. The average molecular weight is 327 g/mol. The van der Waals surface area contributed by atoms with E-state index >= 15 is 0 Å². The fourth-order valence-electron chi connectivity index (χ4n) is 2.62. The molecular formula is C16H25NO4S. The number of hydrogen-bond acceptors (Lipinski definition) is 4. The van der Waals surface area contributed by atoms with E-state index < -0.39 is 15.6 Å². The Morgan fingerprint density at radius 1 is 1.41 bits per heavy atom. The number of benzene rings is 1. The van der Waals surface area contributed by atoms with Crippen LogP contribution in [0.4, 0.5) is 0 Å². The molecule has 0 aromatic heterocycles. The van der Waals surface area contributed by atoms with E-state index in [1.807, 2.05) is 32.0 Å². The molecule has 0 radical (unpaired) electrons. The summed E-state index contributed by atoms with van der Waals surface area (Å²) in [6, 6.07) is 5.30. The predicted molar refractivity (Wildman–Crippen MR) is 86.9 cm³/mol. The van der Waals surface area contributed by atoms with Crippen LogP contribution in [0.3, 0.4) is 0 Å². The minimum atomic E-state index is -3.30. The second-order valence-electron chi connectivity index (χ2n) is 6.41. The molecule has 0 saturated heterocycles. The van der Waals surface area contributed by atoms with Crippen LogP contribution in [0.15, 0.2) is 18.2 Å². The van der Waals surface area contributed by atoms with Crippen LogP contribution in [0, 0.1) is 0 Å². The lowest BCUT2D eigenvalue weighted by atomic mass is 9.90. The number of rotatable bonds is 6. The summed E-state index contributed by atoms with van der Waals surface area (Å²) in [5.41, 5.74) is 0.415. The first-order valence-corrected chi connectivity index (χ1v) is 9.52. The molecule has 1 aliphatic heterocycles. The van der Waals surface area contributed by atoms with Crippen LogP contribution in [0.2, 0.25) is 0 Å². The molecule has 1 aromatic rings. The Balaban J connectivity index is 2.28. The molecule has 0 saturated carbocycles. The summed E-state index contributed by atoms with van der Waals surface area (Å²) in [5, 5.41) is 0. The highest BCUT2D eigenvalue weighted by Crippen LogP contribution is 2.41. The molecule has 1 unspecified atom stereocenters. The average Bonchev–Trinajstić information content (AvgIpc) is 2.36. The van der Waals surface area contributed by atoms with Crippen LogP contribution in [-0.2, 0) is 10.0 Å². The number of sulfonamides is 1. The van der Waals surface area contributed by atoms with E-state index in [-0.39, 0.29) is 6.04 Å². The summed E-state index contributed by atoms with van der Waals surface area (Å²) in [7, 11) is -3.30. The van der Waals surface area contributed by atoms with Gasteiger partial charge >= 0.3 is 0 Å². The molecule has 0 bridgehead atoms. The van der Waals surface area contributed by atoms with Gasteiger partial charge in [0.05, 0.1) is 18.9 Å². The largest absolute Gasteiger partial charge is 0.494 e. The summed E-state index contributed by atoms with van der Waals surface area (Å²) < 4.78 is 37.6. The van der Waals surface area contributed by atoms with Crippen molar-refractivity contribution in [3.63, 3.8) is 0 Å². The summed E-state index contributed by atoms with van der Waals surface area (Å²) in [6.45, 7) is 6.68. The van der Waals surface area contributed by atoms with Crippen molar-refractivity contribution in [2.24, 2.45) is 0 Å². The Hall–Kier alpha value is -1.27. The molecule has 0 spiro atoms. The fraction of sp³-hybridized carbons (Fsp3) is 0.625. The van der Waals surface area contributed by atoms with E-state index in [9.17, 15) is 8.42 Å². The van der Waals surface area contributed by atoms with Gasteiger partial charge in [-0.05, 0) is 38.5 Å². The van der Waals surface area contributed by atoms with Gasteiger partial charge in [0, 0.05) is 12.0 Å². The van der Waals surface area contributed by atoms with Gasteiger partial charge in [-0.3, -0.25) is 0 Å². The zero-order valence-corrected chi connectivity index (χ0v) is 14.5. The first kappa shape index (κ1) is 17.1. The van der Waals surface area contributed by atoms with E-state index in [0.29, 0.717) is 18.8 Å². The van der Waals surface area contributed by atoms with E-state index in [0.717, 1.165) is 24.2 Å². The SMILES string of the molecule is CCCCOc1ccc2c(c1)C(NS(C)(=O)=O)CC(C)(C)O2. The van der Waals surface area contributed by atoms with Crippen molar-refractivity contribution in [3.8, 4) is 11.5 Å². The van der Waals surface area contributed by atoms with Gasteiger partial charge in [0.2, 0.25) is 10.0 Å². The number of fused-ring (bicyclic) bond motifs is 1. The highest BCUT2D eigenvalue weighted by Gasteiger charge is 2.35. The molecule has 124 valence electrons. The maximum Gasteiger partial charge on any atom is 0.209 e. The number of ether oxygens (including phenoxy) is 2. The van der Waals surface area contributed by atoms with Gasteiger partial charge in [-0.15, -0.1) is 0 Å². The van der Waals surface area contributed by atoms with Crippen LogP contribution in [0.25, 0.3) is 0 Å². The standard InChI is InChI=1S/C16H25NO4S/c1-5-6-9-20-12-7-8-15-13(10-12)14(17-22(4,18)19)11-16(2,3)21-15/h7-8,10,14,17H,5-6,9,11H2,1-4H3. The van der Waals surface area contributed by atoms with Gasteiger partial charge in [-0.1, -0.05) is 13.3 Å². The summed E-state index contributed by atoms with van der Waals surface area (Å²) >= 11 is 0. The summed E-state index contributed by atoms with van der Waals surface area (Å²) in [4.78, 5) is 0. The molecule has 1 aliphatic rings. The molecule has 5 nitrogen and oxygen atoms in total. The third-order valence-electron chi connectivity index (χ3n) is 3.56. The smallest absolute Gasteiger partial charge is 0.209 e. The lowest BCUT2D eigenvalue weighted by Gasteiger charge is -2.37. The monoisotopic (exact) mass is 327 g/mol. The van der Waals surface area contributed by atoms with Crippen LogP contribution in [-0.4, -0.2) is 26.9 Å². The van der Waals surface area contributed by atoms with E-state index in [4.69, 9.17) is 9.47 Å². The maximum absolute atomic E-state index is 11.6. The Labute approximate surface area is 133 Å². The lowest BCUT2D eigenvalue weighted by Crippen LogP contribution is -2.41. The second-order valence-corrected chi connectivity index (χ2v) is 8.19. The minimum absolute atomic E-state index is 0.302. The molecule has 22 heavy (non-hydrogen) atoms. The molecule has 0 aliphatic carbocycles. The molecule has 1 N–H and O–H groups in total. The van der Waals surface area contributed by atoms with Crippen LogP contribution in [0.1, 0.15) is 51.6 Å². The second kappa shape index (κ2) is 6.46. The van der Waals surface area contributed by atoms with Crippen molar-refractivity contribution in [1.82, 2.24) is 4.72 Å². The van der Waals surface area contributed by atoms with Crippen molar-refractivity contribution in [2.45, 2.75) is 51.7 Å². The topological polar surface area (TPSA) is 64.6 Å². The highest BCUT2D eigenvalue weighted by molar-refractivity contribution is 7.88. The molecule has 2 rings (SSSR count). The van der Waals surface area contributed by atoms with Crippen molar-refractivity contribution in [2.75, 3.05) is 12.9 Å². The normalized spacial score (nSPS) is 20.1. The minimum Gasteiger partial charge on any atom is -0.494 e. The van der Waals surface area contributed by atoms with Gasteiger partial charge in [-0.2, -0.15) is 0 Å².